The molecule has 0 N–H and O–H groups in total. The Morgan fingerprint density at radius 2 is 2.07 bits per heavy atom. The van der Waals surface area contributed by atoms with Crippen molar-refractivity contribution in [1.82, 2.24) is 5.16 Å². The van der Waals surface area contributed by atoms with E-state index in [-0.39, 0.29) is 0 Å². The van der Waals surface area contributed by atoms with E-state index in [1.807, 2.05) is 44.2 Å². The maximum Gasteiger partial charge on any atom is 0.174 e. The molecule has 0 fully saturated rings. The molecule has 2 rings (SSSR count). The van der Waals surface area contributed by atoms with E-state index in [1.54, 1.807) is 0 Å². The van der Waals surface area contributed by atoms with Crippen LogP contribution >= 0.6 is 0 Å². The van der Waals surface area contributed by atoms with Gasteiger partial charge in [-0.25, -0.2) is 0 Å². The highest BCUT2D eigenvalue weighted by atomic mass is 16.5. The summed E-state index contributed by atoms with van der Waals surface area (Å²) >= 11 is 0. The van der Waals surface area contributed by atoms with Gasteiger partial charge in [-0.1, -0.05) is 23.4 Å². The molecule has 78 valence electrons. The lowest BCUT2D eigenvalue weighted by Crippen LogP contribution is -1.95. The Kier molecular flexibility index (Phi) is 2.72. The molecule has 1 aromatic heterocycles. The van der Waals surface area contributed by atoms with Gasteiger partial charge in [-0.3, -0.25) is 0 Å². The summed E-state index contributed by atoms with van der Waals surface area (Å²) in [6, 6.07) is 9.77. The van der Waals surface area contributed by atoms with Gasteiger partial charge in [0.05, 0.1) is 5.69 Å². The average molecular weight is 203 g/mol. The van der Waals surface area contributed by atoms with E-state index in [0.717, 1.165) is 22.8 Å². The number of aryl methyl sites for hydroxylation is 2. The molecule has 0 bridgehead atoms. The largest absolute Gasteiger partial charge is 0.485 e. The van der Waals surface area contributed by atoms with Crippen LogP contribution in [0.3, 0.4) is 0 Å². The fourth-order valence-electron chi connectivity index (χ4n) is 1.35. The molecule has 3 heteroatoms. The van der Waals surface area contributed by atoms with Crippen molar-refractivity contribution in [2.24, 2.45) is 0 Å². The first-order valence-electron chi connectivity index (χ1n) is 4.86. The third-order valence-corrected chi connectivity index (χ3v) is 2.14. The molecule has 0 unspecified atom stereocenters. The second kappa shape index (κ2) is 4.17. The summed E-state index contributed by atoms with van der Waals surface area (Å²) in [4.78, 5) is 0. The standard InChI is InChI=1S/C12H13NO2/c1-9-5-3-4-6-12(9)14-8-11-7-10(2)13-15-11/h3-7H,8H2,1-2H3. The van der Waals surface area contributed by atoms with Crippen molar-refractivity contribution in [3.05, 3.63) is 47.3 Å². The van der Waals surface area contributed by atoms with E-state index in [1.165, 1.54) is 0 Å². The fraction of sp³-hybridized carbons (Fsp3) is 0.250. The maximum absolute atomic E-state index is 5.60. The number of nitrogens with zero attached hydrogens (tertiary/aromatic N) is 1. The highest BCUT2D eigenvalue weighted by Gasteiger charge is 2.02. The molecule has 0 atom stereocenters. The zero-order chi connectivity index (χ0) is 10.7. The van der Waals surface area contributed by atoms with E-state index in [2.05, 4.69) is 5.16 Å². The van der Waals surface area contributed by atoms with Crippen LogP contribution in [0, 0.1) is 13.8 Å². The van der Waals surface area contributed by atoms with Crippen LogP contribution in [0.4, 0.5) is 0 Å². The Morgan fingerprint density at radius 3 is 2.73 bits per heavy atom. The minimum atomic E-state index is 0.422. The summed E-state index contributed by atoms with van der Waals surface area (Å²) in [5.41, 5.74) is 1.99. The van der Waals surface area contributed by atoms with Crippen LogP contribution in [0.5, 0.6) is 5.75 Å². The second-order valence-corrected chi connectivity index (χ2v) is 3.49. The Hall–Kier alpha value is -1.77. The zero-order valence-corrected chi connectivity index (χ0v) is 8.86. The Morgan fingerprint density at radius 1 is 1.27 bits per heavy atom. The predicted octanol–water partition coefficient (Wildman–Crippen LogP) is 2.87. The van der Waals surface area contributed by atoms with Crippen molar-refractivity contribution in [1.29, 1.82) is 0 Å². The van der Waals surface area contributed by atoms with Crippen molar-refractivity contribution in [3.8, 4) is 5.75 Å². The number of rotatable bonds is 3. The highest BCUT2D eigenvalue weighted by molar-refractivity contribution is 5.31. The first-order valence-corrected chi connectivity index (χ1v) is 4.86. The van der Waals surface area contributed by atoms with Gasteiger partial charge in [0.1, 0.15) is 12.4 Å². The van der Waals surface area contributed by atoms with Gasteiger partial charge in [-0.2, -0.15) is 0 Å². The number of hydrogen-bond donors (Lipinski definition) is 0. The minimum Gasteiger partial charge on any atom is -0.485 e. The molecule has 0 amide bonds. The molecular weight excluding hydrogens is 190 g/mol. The molecule has 0 aliphatic rings. The van der Waals surface area contributed by atoms with Crippen LogP contribution < -0.4 is 4.74 Å². The van der Waals surface area contributed by atoms with Gasteiger partial charge >= 0.3 is 0 Å². The van der Waals surface area contributed by atoms with Gasteiger partial charge in [-0.15, -0.1) is 0 Å². The predicted molar refractivity (Wildman–Crippen MR) is 56.8 cm³/mol. The number of ether oxygens (including phenoxy) is 1. The van der Waals surface area contributed by atoms with E-state index in [9.17, 15) is 0 Å². The molecule has 15 heavy (non-hydrogen) atoms. The first kappa shape index (κ1) is 9.77. The lowest BCUT2D eigenvalue weighted by Gasteiger charge is -2.05. The van der Waals surface area contributed by atoms with E-state index < -0.39 is 0 Å². The smallest absolute Gasteiger partial charge is 0.174 e. The van der Waals surface area contributed by atoms with Crippen LogP contribution in [0.2, 0.25) is 0 Å². The third-order valence-electron chi connectivity index (χ3n) is 2.14. The lowest BCUT2D eigenvalue weighted by molar-refractivity contribution is 0.247. The Labute approximate surface area is 88.7 Å². The first-order chi connectivity index (χ1) is 7.25. The van der Waals surface area contributed by atoms with Gasteiger partial charge < -0.3 is 9.26 Å². The van der Waals surface area contributed by atoms with Crippen molar-refractivity contribution < 1.29 is 9.26 Å². The Balaban J connectivity index is 2.02. The Bertz CT molecular complexity index is 448. The maximum atomic E-state index is 5.60. The highest BCUT2D eigenvalue weighted by Crippen LogP contribution is 2.17. The number of benzene rings is 1. The van der Waals surface area contributed by atoms with Crippen molar-refractivity contribution in [3.63, 3.8) is 0 Å². The van der Waals surface area contributed by atoms with E-state index in [4.69, 9.17) is 9.26 Å². The quantitative estimate of drug-likeness (QED) is 0.769. The topological polar surface area (TPSA) is 35.3 Å². The molecule has 1 aromatic carbocycles. The third kappa shape index (κ3) is 2.37. The fourth-order valence-corrected chi connectivity index (χ4v) is 1.35. The van der Waals surface area contributed by atoms with Crippen molar-refractivity contribution in [2.45, 2.75) is 20.5 Å². The molecule has 0 aliphatic carbocycles. The van der Waals surface area contributed by atoms with E-state index >= 15 is 0 Å². The van der Waals surface area contributed by atoms with Crippen molar-refractivity contribution >= 4 is 0 Å². The van der Waals surface area contributed by atoms with Crippen LogP contribution in [-0.4, -0.2) is 5.16 Å². The zero-order valence-electron chi connectivity index (χ0n) is 8.86. The van der Waals surface area contributed by atoms with Gasteiger partial charge in [0, 0.05) is 6.07 Å². The van der Waals surface area contributed by atoms with E-state index in [0.29, 0.717) is 6.61 Å². The van der Waals surface area contributed by atoms with Crippen LogP contribution in [0.25, 0.3) is 0 Å². The average Bonchev–Trinajstić information content (AvgIpc) is 2.63. The summed E-state index contributed by atoms with van der Waals surface area (Å²) in [6.45, 7) is 4.33. The minimum absolute atomic E-state index is 0.422. The summed E-state index contributed by atoms with van der Waals surface area (Å²) < 4.78 is 10.7. The monoisotopic (exact) mass is 203 g/mol. The van der Waals surface area contributed by atoms with Gasteiger partial charge in [0.25, 0.3) is 0 Å². The number of hydrogen-bond acceptors (Lipinski definition) is 3. The van der Waals surface area contributed by atoms with Crippen LogP contribution in [-0.2, 0) is 6.61 Å². The summed E-state index contributed by atoms with van der Waals surface area (Å²) in [7, 11) is 0. The van der Waals surface area contributed by atoms with Gasteiger partial charge in [0.15, 0.2) is 5.76 Å². The number of aromatic nitrogens is 1. The molecule has 1 heterocycles. The molecule has 0 saturated heterocycles. The molecule has 3 nitrogen and oxygen atoms in total. The van der Waals surface area contributed by atoms with Crippen LogP contribution in [0.15, 0.2) is 34.9 Å². The summed E-state index contributed by atoms with van der Waals surface area (Å²) in [6.07, 6.45) is 0. The molecule has 0 spiro atoms. The molecule has 0 saturated carbocycles. The second-order valence-electron chi connectivity index (χ2n) is 3.49. The molecular formula is C12H13NO2. The van der Waals surface area contributed by atoms with Crippen molar-refractivity contribution in [2.75, 3.05) is 0 Å². The lowest BCUT2D eigenvalue weighted by atomic mass is 10.2. The van der Waals surface area contributed by atoms with Gasteiger partial charge in [0.2, 0.25) is 0 Å². The van der Waals surface area contributed by atoms with Crippen LogP contribution in [0.1, 0.15) is 17.0 Å². The SMILES string of the molecule is Cc1cc(COc2ccccc2C)on1. The summed E-state index contributed by atoms with van der Waals surface area (Å²) in [5.74, 6) is 1.63. The normalized spacial score (nSPS) is 10.3. The molecule has 0 radical (unpaired) electrons. The molecule has 0 aliphatic heterocycles. The number of para-hydroxylation sites is 1. The summed E-state index contributed by atoms with van der Waals surface area (Å²) in [5, 5.41) is 3.80. The van der Waals surface area contributed by atoms with Gasteiger partial charge in [-0.05, 0) is 25.5 Å². The molecule has 2 aromatic rings.